The van der Waals surface area contributed by atoms with Crippen LogP contribution in [-0.4, -0.2) is 33.4 Å². The molecular formula is C19H17FN4O3S. The van der Waals surface area contributed by atoms with Gasteiger partial charge in [0.25, 0.3) is 5.91 Å². The zero-order valence-electron chi connectivity index (χ0n) is 15.1. The molecule has 2 amide bonds. The van der Waals surface area contributed by atoms with Gasteiger partial charge in [0.1, 0.15) is 11.6 Å². The van der Waals surface area contributed by atoms with Gasteiger partial charge >= 0.3 is 0 Å². The number of hydrogen-bond acceptors (Lipinski definition) is 6. The third-order valence-electron chi connectivity index (χ3n) is 4.43. The number of amides is 2. The quantitative estimate of drug-likeness (QED) is 0.727. The Morgan fingerprint density at radius 1 is 1.32 bits per heavy atom. The van der Waals surface area contributed by atoms with Gasteiger partial charge in [-0.05, 0) is 24.6 Å². The average molecular weight is 400 g/mol. The fourth-order valence-electron chi connectivity index (χ4n) is 2.99. The fraction of sp³-hybridized carbons (Fsp3) is 0.263. The normalized spacial score (nSPS) is 13.3. The number of benzene rings is 1. The average Bonchev–Trinajstić information content (AvgIpc) is 3.28. The summed E-state index contributed by atoms with van der Waals surface area (Å²) >= 11 is 1.35. The van der Waals surface area contributed by atoms with Crippen molar-refractivity contribution in [1.82, 2.24) is 15.0 Å². The molecule has 3 aromatic rings. The van der Waals surface area contributed by atoms with E-state index in [2.05, 4.69) is 15.5 Å². The zero-order valence-corrected chi connectivity index (χ0v) is 15.9. The van der Waals surface area contributed by atoms with Gasteiger partial charge in [-0.25, -0.2) is 9.37 Å². The largest absolute Gasteiger partial charge is 0.361 e. The van der Waals surface area contributed by atoms with Gasteiger partial charge in [0, 0.05) is 23.9 Å². The number of anilines is 1. The van der Waals surface area contributed by atoms with E-state index in [4.69, 9.17) is 4.52 Å². The highest BCUT2D eigenvalue weighted by Crippen LogP contribution is 2.29. The molecule has 0 saturated carbocycles. The van der Waals surface area contributed by atoms with Crippen LogP contribution in [0, 0.1) is 12.7 Å². The second kappa shape index (κ2) is 7.51. The molecule has 0 spiro atoms. The van der Waals surface area contributed by atoms with E-state index in [9.17, 15) is 14.0 Å². The number of fused-ring (bicyclic) bond motifs is 1. The summed E-state index contributed by atoms with van der Waals surface area (Å²) in [6.45, 7) is 2.72. The summed E-state index contributed by atoms with van der Waals surface area (Å²) in [5.41, 5.74) is 1.86. The van der Waals surface area contributed by atoms with E-state index in [-0.39, 0.29) is 29.7 Å². The molecule has 1 aromatic carbocycles. The molecule has 1 aliphatic rings. The summed E-state index contributed by atoms with van der Waals surface area (Å²) in [6.07, 6.45) is 0.851. The van der Waals surface area contributed by atoms with Crippen molar-refractivity contribution in [2.45, 2.75) is 26.3 Å². The van der Waals surface area contributed by atoms with Crippen LogP contribution in [0.4, 0.5) is 9.52 Å². The third-order valence-corrected chi connectivity index (χ3v) is 5.43. The van der Waals surface area contributed by atoms with E-state index >= 15 is 0 Å². The van der Waals surface area contributed by atoms with Gasteiger partial charge in [-0.2, -0.15) is 0 Å². The number of nitrogens with one attached hydrogen (secondary N) is 1. The second-order valence-corrected chi connectivity index (χ2v) is 7.62. The number of hydrogen-bond donors (Lipinski definition) is 1. The minimum atomic E-state index is -0.382. The topological polar surface area (TPSA) is 88.3 Å². The van der Waals surface area contributed by atoms with Crippen molar-refractivity contribution < 1.29 is 18.5 Å². The number of nitrogens with zero attached hydrogens (tertiary/aromatic N) is 3. The van der Waals surface area contributed by atoms with Crippen LogP contribution in [0.5, 0.6) is 0 Å². The minimum Gasteiger partial charge on any atom is -0.361 e. The highest BCUT2D eigenvalue weighted by atomic mass is 32.1. The Kier molecular flexibility index (Phi) is 4.91. The molecule has 3 heterocycles. The van der Waals surface area contributed by atoms with Crippen LogP contribution >= 0.6 is 11.3 Å². The lowest BCUT2D eigenvalue weighted by Crippen LogP contribution is -2.36. The van der Waals surface area contributed by atoms with Crippen LogP contribution in [0.3, 0.4) is 0 Å². The molecule has 9 heteroatoms. The zero-order chi connectivity index (χ0) is 19.7. The number of halogens is 1. The predicted molar refractivity (Wildman–Crippen MR) is 101 cm³/mol. The van der Waals surface area contributed by atoms with Gasteiger partial charge in [-0.15, -0.1) is 0 Å². The first-order chi connectivity index (χ1) is 13.5. The lowest BCUT2D eigenvalue weighted by atomic mass is 10.1. The first kappa shape index (κ1) is 18.3. The standard InChI is InChI=1S/C19H17FN4O3S/c1-11-8-15(23-27-11)18(26)22-19-21-14-6-7-24(10-16(14)28-19)17(25)9-12-2-4-13(20)5-3-12/h2-5,8H,6-7,9-10H2,1H3,(H,21,22,26). The monoisotopic (exact) mass is 400 g/mol. The Morgan fingerprint density at radius 3 is 2.82 bits per heavy atom. The lowest BCUT2D eigenvalue weighted by Gasteiger charge is -2.26. The molecule has 28 heavy (non-hydrogen) atoms. The number of rotatable bonds is 4. The Balaban J connectivity index is 1.40. The molecule has 4 rings (SSSR count). The van der Waals surface area contributed by atoms with Crippen molar-refractivity contribution in [2.24, 2.45) is 0 Å². The minimum absolute atomic E-state index is 0.0192. The maximum Gasteiger partial charge on any atom is 0.279 e. The second-order valence-electron chi connectivity index (χ2n) is 6.53. The summed E-state index contributed by atoms with van der Waals surface area (Å²) in [7, 11) is 0. The lowest BCUT2D eigenvalue weighted by molar-refractivity contribution is -0.131. The van der Waals surface area contributed by atoms with Crippen molar-refractivity contribution in [3.63, 3.8) is 0 Å². The number of aryl methyl sites for hydroxylation is 1. The smallest absolute Gasteiger partial charge is 0.279 e. The first-order valence-electron chi connectivity index (χ1n) is 8.73. The summed E-state index contributed by atoms with van der Waals surface area (Å²) in [4.78, 5) is 31.9. The van der Waals surface area contributed by atoms with Crippen molar-refractivity contribution in [3.8, 4) is 0 Å². The van der Waals surface area contributed by atoms with Gasteiger partial charge in [-0.1, -0.05) is 28.6 Å². The summed E-state index contributed by atoms with van der Waals surface area (Å²) in [6, 6.07) is 7.50. The van der Waals surface area contributed by atoms with Crippen LogP contribution in [0.15, 0.2) is 34.9 Å². The molecule has 1 N–H and O–H groups in total. The molecule has 2 aromatic heterocycles. The number of carbonyl (C=O) groups excluding carboxylic acids is 2. The Morgan fingerprint density at radius 2 is 2.11 bits per heavy atom. The molecule has 7 nitrogen and oxygen atoms in total. The third kappa shape index (κ3) is 3.94. The fourth-order valence-corrected chi connectivity index (χ4v) is 4.00. The van der Waals surface area contributed by atoms with E-state index < -0.39 is 0 Å². The molecule has 144 valence electrons. The van der Waals surface area contributed by atoms with Crippen molar-refractivity contribution in [2.75, 3.05) is 11.9 Å². The molecule has 0 atom stereocenters. The van der Waals surface area contributed by atoms with Crippen LogP contribution in [0.1, 0.15) is 32.4 Å². The molecule has 0 saturated heterocycles. The van der Waals surface area contributed by atoms with Crippen molar-refractivity contribution >= 4 is 28.3 Å². The summed E-state index contributed by atoms with van der Waals surface area (Å²) < 4.78 is 17.9. The van der Waals surface area contributed by atoms with Gasteiger partial charge in [0.05, 0.1) is 18.7 Å². The van der Waals surface area contributed by atoms with Crippen LogP contribution in [0.25, 0.3) is 0 Å². The number of aromatic nitrogens is 2. The van der Waals surface area contributed by atoms with Crippen LogP contribution in [-0.2, 0) is 24.2 Å². The van der Waals surface area contributed by atoms with E-state index in [0.29, 0.717) is 30.4 Å². The molecule has 0 bridgehead atoms. The SMILES string of the molecule is Cc1cc(C(=O)Nc2nc3c(s2)CN(C(=O)Cc2ccc(F)cc2)CC3)no1. The number of carbonyl (C=O) groups is 2. The molecule has 1 aliphatic heterocycles. The maximum absolute atomic E-state index is 13.0. The van der Waals surface area contributed by atoms with Gasteiger partial charge in [0.2, 0.25) is 5.91 Å². The van der Waals surface area contributed by atoms with Gasteiger partial charge in [0.15, 0.2) is 10.8 Å². The van der Waals surface area contributed by atoms with Crippen molar-refractivity contribution in [1.29, 1.82) is 0 Å². The van der Waals surface area contributed by atoms with E-state index in [1.807, 2.05) is 0 Å². The van der Waals surface area contributed by atoms with E-state index in [1.54, 1.807) is 30.0 Å². The van der Waals surface area contributed by atoms with Crippen LogP contribution < -0.4 is 5.32 Å². The van der Waals surface area contributed by atoms with Crippen molar-refractivity contribution in [3.05, 3.63) is 63.7 Å². The molecule has 0 aliphatic carbocycles. The highest BCUT2D eigenvalue weighted by molar-refractivity contribution is 7.15. The molecule has 0 radical (unpaired) electrons. The highest BCUT2D eigenvalue weighted by Gasteiger charge is 2.25. The van der Waals surface area contributed by atoms with Gasteiger partial charge in [-0.3, -0.25) is 14.9 Å². The Bertz CT molecular complexity index is 1030. The van der Waals surface area contributed by atoms with E-state index in [0.717, 1.165) is 16.1 Å². The summed E-state index contributed by atoms with van der Waals surface area (Å²) in [5, 5.41) is 6.89. The predicted octanol–water partition coefficient (Wildman–Crippen LogP) is 2.96. The van der Waals surface area contributed by atoms with Crippen LogP contribution in [0.2, 0.25) is 0 Å². The Labute approximate surface area is 164 Å². The Hall–Kier alpha value is -3.07. The van der Waals surface area contributed by atoms with E-state index in [1.165, 1.54) is 23.5 Å². The molecule has 0 fully saturated rings. The summed E-state index contributed by atoms with van der Waals surface area (Å²) in [5.74, 6) is -0.167. The molecule has 0 unspecified atom stereocenters. The number of thiazole rings is 1. The maximum atomic E-state index is 13.0. The molecular weight excluding hydrogens is 383 g/mol. The first-order valence-corrected chi connectivity index (χ1v) is 9.55. The van der Waals surface area contributed by atoms with Gasteiger partial charge < -0.3 is 9.42 Å².